The molecule has 6 heteroatoms. The van der Waals surface area contributed by atoms with Crippen LogP contribution in [0.4, 0.5) is 5.69 Å². The fourth-order valence-corrected chi connectivity index (χ4v) is 3.76. The van der Waals surface area contributed by atoms with Crippen LogP contribution in [0.5, 0.6) is 0 Å². The first-order chi connectivity index (χ1) is 13.6. The molecule has 1 aromatic carbocycles. The molecule has 3 heterocycles. The summed E-state index contributed by atoms with van der Waals surface area (Å²) in [6.45, 7) is 6.31. The molecule has 0 spiro atoms. The lowest BCUT2D eigenvalue weighted by molar-refractivity contribution is 0.0525. The van der Waals surface area contributed by atoms with E-state index in [1.54, 1.807) is 17.8 Å². The van der Waals surface area contributed by atoms with E-state index in [9.17, 15) is 4.79 Å². The van der Waals surface area contributed by atoms with Gasteiger partial charge in [-0.15, -0.1) is 0 Å². The predicted molar refractivity (Wildman–Crippen MR) is 109 cm³/mol. The van der Waals surface area contributed by atoms with E-state index in [2.05, 4.69) is 35.5 Å². The lowest BCUT2D eigenvalue weighted by Gasteiger charge is -2.12. The first-order valence-electron chi connectivity index (χ1n) is 9.72. The molecule has 0 radical (unpaired) electrons. The Morgan fingerprint density at radius 1 is 1.25 bits per heavy atom. The summed E-state index contributed by atoms with van der Waals surface area (Å²) in [5.41, 5.74) is 5.73. The van der Waals surface area contributed by atoms with Crippen LogP contribution in [0.25, 0.3) is 17.1 Å². The molecule has 0 aliphatic carbocycles. The molecule has 1 atom stereocenters. The molecule has 1 aliphatic heterocycles. The summed E-state index contributed by atoms with van der Waals surface area (Å²) in [5.74, 6) is 0.342. The Morgan fingerprint density at radius 2 is 2.07 bits per heavy atom. The third kappa shape index (κ3) is 3.15. The van der Waals surface area contributed by atoms with E-state index in [1.165, 1.54) is 5.56 Å². The van der Waals surface area contributed by atoms with Crippen molar-refractivity contribution in [2.45, 2.75) is 39.7 Å². The molecule has 0 amide bonds. The topological polar surface area (TPSA) is 69.0 Å². The van der Waals surface area contributed by atoms with Gasteiger partial charge in [0.2, 0.25) is 0 Å². The molecule has 1 N–H and O–H groups in total. The second kappa shape index (κ2) is 7.46. The highest BCUT2D eigenvalue weighted by Gasteiger charge is 2.22. The van der Waals surface area contributed by atoms with Gasteiger partial charge in [0.05, 0.1) is 24.2 Å². The van der Waals surface area contributed by atoms with Crippen LogP contribution in [0.1, 0.15) is 42.4 Å². The van der Waals surface area contributed by atoms with Crippen molar-refractivity contribution in [3.8, 4) is 17.1 Å². The average molecular weight is 376 g/mol. The van der Waals surface area contributed by atoms with Crippen LogP contribution in [-0.4, -0.2) is 33.4 Å². The van der Waals surface area contributed by atoms with Gasteiger partial charge in [-0.25, -0.2) is 14.5 Å². The minimum absolute atomic E-state index is 0.339. The summed E-state index contributed by atoms with van der Waals surface area (Å²) in [6, 6.07) is 12.6. The third-order valence-corrected chi connectivity index (χ3v) is 4.99. The molecule has 6 nitrogen and oxygen atoms in total. The zero-order valence-electron chi connectivity index (χ0n) is 16.4. The van der Waals surface area contributed by atoms with E-state index in [0.717, 1.165) is 29.1 Å². The van der Waals surface area contributed by atoms with Crippen LogP contribution in [0, 0.1) is 0 Å². The lowest BCUT2D eigenvalue weighted by Crippen LogP contribution is -2.10. The number of hydrogen-bond acceptors (Lipinski definition) is 5. The van der Waals surface area contributed by atoms with Gasteiger partial charge in [-0.1, -0.05) is 31.2 Å². The Kier molecular flexibility index (Phi) is 4.86. The largest absolute Gasteiger partial charge is 0.462 e. The molecule has 144 valence electrons. The summed E-state index contributed by atoms with van der Waals surface area (Å²) < 4.78 is 6.88. The quantitative estimate of drug-likeness (QED) is 0.681. The van der Waals surface area contributed by atoms with Gasteiger partial charge in [-0.3, -0.25) is 0 Å². The second-order valence-corrected chi connectivity index (χ2v) is 6.96. The van der Waals surface area contributed by atoms with Crippen molar-refractivity contribution in [1.82, 2.24) is 14.8 Å². The number of fused-ring (bicyclic) bond motifs is 1. The highest BCUT2D eigenvalue weighted by atomic mass is 16.5. The number of nitrogens with zero attached hydrogens (tertiary/aromatic N) is 3. The molecule has 2 aromatic heterocycles. The maximum Gasteiger partial charge on any atom is 0.341 e. The Balaban J connectivity index is 1.76. The SMILES string of the molecule is CCOC(=O)c1cnn(-c2cccc(-c3cccc4c3NC(C)C4)n2)c1CC. The fourth-order valence-electron chi connectivity index (χ4n) is 3.76. The number of ether oxygens (including phenoxy) is 1. The first-order valence-corrected chi connectivity index (χ1v) is 9.72. The summed E-state index contributed by atoms with van der Waals surface area (Å²) in [4.78, 5) is 17.1. The number of anilines is 1. The molecule has 1 unspecified atom stereocenters. The number of carbonyl (C=O) groups is 1. The van der Waals surface area contributed by atoms with Gasteiger partial charge in [-0.2, -0.15) is 5.10 Å². The fraction of sp³-hybridized carbons (Fsp3) is 0.318. The van der Waals surface area contributed by atoms with Crippen molar-refractivity contribution in [3.63, 3.8) is 0 Å². The predicted octanol–water partition coefficient (Wildman–Crippen LogP) is 4.03. The van der Waals surface area contributed by atoms with Crippen LogP contribution >= 0.6 is 0 Å². The Hall–Kier alpha value is -3.15. The van der Waals surface area contributed by atoms with Crippen molar-refractivity contribution in [2.24, 2.45) is 0 Å². The molecule has 4 rings (SSSR count). The number of nitrogens with one attached hydrogen (secondary N) is 1. The number of benzene rings is 1. The number of carbonyl (C=O) groups excluding carboxylic acids is 1. The monoisotopic (exact) mass is 376 g/mol. The van der Waals surface area contributed by atoms with E-state index < -0.39 is 0 Å². The van der Waals surface area contributed by atoms with Crippen LogP contribution < -0.4 is 5.32 Å². The molecule has 0 fully saturated rings. The molecular formula is C22H24N4O2. The Morgan fingerprint density at radius 3 is 2.86 bits per heavy atom. The number of pyridine rings is 1. The number of aromatic nitrogens is 3. The van der Waals surface area contributed by atoms with Crippen molar-refractivity contribution in [1.29, 1.82) is 0 Å². The van der Waals surface area contributed by atoms with Crippen LogP contribution in [-0.2, 0) is 17.6 Å². The number of esters is 1. The minimum atomic E-state index is -0.346. The molecule has 0 saturated carbocycles. The van der Waals surface area contributed by atoms with Gasteiger partial charge in [0.1, 0.15) is 5.56 Å². The normalized spacial score (nSPS) is 15.2. The van der Waals surface area contributed by atoms with Crippen molar-refractivity contribution in [3.05, 3.63) is 59.4 Å². The number of para-hydroxylation sites is 1. The van der Waals surface area contributed by atoms with Gasteiger partial charge in [0.25, 0.3) is 0 Å². The average Bonchev–Trinajstić information content (AvgIpc) is 3.30. The van der Waals surface area contributed by atoms with Crippen LogP contribution in [0.2, 0.25) is 0 Å². The highest BCUT2D eigenvalue weighted by molar-refractivity contribution is 5.90. The van der Waals surface area contributed by atoms with E-state index in [1.807, 2.05) is 25.1 Å². The standard InChI is InChI=1S/C22H24N4O2/c1-4-19-17(22(27)28-5-2)13-23-26(19)20-11-7-10-18(25-20)16-9-6-8-15-12-14(3)24-21(15)16/h6-11,13-14,24H,4-5,12H2,1-3H3. The zero-order chi connectivity index (χ0) is 19.7. The van der Waals surface area contributed by atoms with Crippen LogP contribution in [0.15, 0.2) is 42.6 Å². The zero-order valence-corrected chi connectivity index (χ0v) is 16.4. The van der Waals surface area contributed by atoms with Gasteiger partial charge in [0, 0.05) is 17.3 Å². The summed E-state index contributed by atoms with van der Waals surface area (Å²) >= 11 is 0. The Bertz CT molecular complexity index is 1030. The first kappa shape index (κ1) is 18.2. The van der Waals surface area contributed by atoms with E-state index in [0.29, 0.717) is 30.5 Å². The van der Waals surface area contributed by atoms with Gasteiger partial charge in [-0.05, 0) is 44.4 Å². The van der Waals surface area contributed by atoms with E-state index in [-0.39, 0.29) is 5.97 Å². The molecule has 0 saturated heterocycles. The second-order valence-electron chi connectivity index (χ2n) is 6.96. The maximum atomic E-state index is 12.2. The number of hydrogen-bond donors (Lipinski definition) is 1. The van der Waals surface area contributed by atoms with Gasteiger partial charge < -0.3 is 10.1 Å². The summed E-state index contributed by atoms with van der Waals surface area (Å²) in [7, 11) is 0. The number of rotatable bonds is 5. The minimum Gasteiger partial charge on any atom is -0.462 e. The molecule has 0 bridgehead atoms. The lowest BCUT2D eigenvalue weighted by atomic mass is 10.0. The molecule has 3 aromatic rings. The highest BCUT2D eigenvalue weighted by Crippen LogP contribution is 2.35. The van der Waals surface area contributed by atoms with Crippen molar-refractivity contribution < 1.29 is 9.53 Å². The van der Waals surface area contributed by atoms with E-state index in [4.69, 9.17) is 9.72 Å². The molecule has 28 heavy (non-hydrogen) atoms. The third-order valence-electron chi connectivity index (χ3n) is 4.99. The van der Waals surface area contributed by atoms with Gasteiger partial charge in [0.15, 0.2) is 5.82 Å². The molecule has 1 aliphatic rings. The maximum absolute atomic E-state index is 12.2. The van der Waals surface area contributed by atoms with Crippen molar-refractivity contribution >= 4 is 11.7 Å². The van der Waals surface area contributed by atoms with Gasteiger partial charge >= 0.3 is 5.97 Å². The smallest absolute Gasteiger partial charge is 0.341 e. The summed E-state index contributed by atoms with van der Waals surface area (Å²) in [5, 5.41) is 7.97. The summed E-state index contributed by atoms with van der Waals surface area (Å²) in [6.07, 6.45) is 3.24. The van der Waals surface area contributed by atoms with Crippen molar-refractivity contribution in [2.75, 3.05) is 11.9 Å². The Labute approximate surface area is 164 Å². The van der Waals surface area contributed by atoms with E-state index >= 15 is 0 Å². The van der Waals surface area contributed by atoms with Crippen LogP contribution in [0.3, 0.4) is 0 Å². The molecular weight excluding hydrogens is 352 g/mol.